The number of hydrogen-bond acceptors (Lipinski definition) is 0. The summed E-state index contributed by atoms with van der Waals surface area (Å²) in [5.74, 6) is 0. The van der Waals surface area contributed by atoms with Gasteiger partial charge in [0, 0.05) is 0 Å². The van der Waals surface area contributed by atoms with Crippen molar-refractivity contribution in [2.24, 2.45) is 0 Å². The van der Waals surface area contributed by atoms with Crippen LogP contribution in [0, 0.1) is 0 Å². The van der Waals surface area contributed by atoms with Crippen LogP contribution in [-0.2, 0) is 0 Å². The molecular formula is H24Ge3Sb4. The van der Waals surface area contributed by atoms with E-state index in [0.717, 1.165) is 0 Å². The molecule has 0 saturated carbocycles. The summed E-state index contributed by atoms with van der Waals surface area (Å²) in [7, 11) is 0. The second-order valence-corrected chi connectivity index (χ2v) is 0. The molecule has 0 aliphatic rings. The molecule has 0 saturated heterocycles. The van der Waals surface area contributed by atoms with E-state index >= 15 is 0 Å². The fraction of sp³-hybridized carbons (Fsp3) is 0. The van der Waals surface area contributed by atoms with E-state index in [9.17, 15) is 0 Å². The van der Waals surface area contributed by atoms with Crippen LogP contribution in [0.5, 0.6) is 0 Å². The Morgan fingerprint density at radius 2 is 0.286 bits per heavy atom. The summed E-state index contributed by atoms with van der Waals surface area (Å²) < 4.78 is 0. The summed E-state index contributed by atoms with van der Waals surface area (Å²) in [6.07, 6.45) is 0. The third kappa shape index (κ3) is 36.0. The van der Waals surface area contributed by atoms with E-state index in [4.69, 9.17) is 0 Å². The quantitative estimate of drug-likeness (QED) is 0.218. The van der Waals surface area contributed by atoms with Crippen LogP contribution in [-0.4, -0.2) is 151 Å². The Balaban J connectivity index is 0. The van der Waals surface area contributed by atoms with Gasteiger partial charge in [-0.05, 0) is 0 Å². The predicted octanol–water partition coefficient (Wildman–Crippen LogP) is -9.09. The Labute approximate surface area is 147 Å². The van der Waals surface area contributed by atoms with Crippen LogP contribution in [0.15, 0.2) is 0 Å². The Morgan fingerprint density at radius 3 is 0.286 bits per heavy atom. The minimum absolute atomic E-state index is 0. The zero-order valence-corrected chi connectivity index (χ0v) is 7.79. The van der Waals surface area contributed by atoms with E-state index < -0.39 is 0 Å². The van der Waals surface area contributed by atoms with Crippen LogP contribution >= 0.6 is 0 Å². The molecule has 0 spiro atoms. The second-order valence-electron chi connectivity index (χ2n) is 0. The first kappa shape index (κ1) is 58.9. The fourth-order valence-electron chi connectivity index (χ4n) is 0. The maximum atomic E-state index is 0. The van der Waals surface area contributed by atoms with Gasteiger partial charge in [0.05, 0.1) is 0 Å². The van der Waals surface area contributed by atoms with Crippen LogP contribution in [0.1, 0.15) is 0 Å². The molecule has 0 aliphatic heterocycles. The van der Waals surface area contributed by atoms with Crippen molar-refractivity contribution in [2.45, 2.75) is 0 Å². The zero-order valence-electron chi connectivity index (χ0n) is 1.50. The summed E-state index contributed by atoms with van der Waals surface area (Å²) >= 11 is 0. The molecule has 0 amide bonds. The summed E-state index contributed by atoms with van der Waals surface area (Å²) in [6.45, 7) is 0. The molecule has 0 bridgehead atoms. The molecule has 56 valence electrons. The van der Waals surface area contributed by atoms with Crippen LogP contribution in [0.4, 0.5) is 0 Å². The van der Waals surface area contributed by atoms with Crippen molar-refractivity contribution in [3.8, 4) is 0 Å². The van der Waals surface area contributed by atoms with Gasteiger partial charge in [-0.25, -0.2) is 0 Å². The summed E-state index contributed by atoms with van der Waals surface area (Å²) in [6, 6.07) is 0. The molecule has 0 N–H and O–H groups in total. The van der Waals surface area contributed by atoms with Gasteiger partial charge >= 0.3 is 151 Å². The Kier molecular flexibility index (Phi) is 374. The van der Waals surface area contributed by atoms with E-state index in [0.29, 0.717) is 0 Å². The fourth-order valence-corrected chi connectivity index (χ4v) is 0. The Hall–Kier alpha value is 4.90. The van der Waals surface area contributed by atoms with E-state index in [1.807, 2.05) is 0 Å². The molecule has 0 radical (unpaired) electrons. The number of rotatable bonds is 0. The van der Waals surface area contributed by atoms with Crippen molar-refractivity contribution in [1.29, 1.82) is 0 Å². The SMILES string of the molecule is [Ge+4].[Ge+4].[Ge+4].[SbH6-3].[SbH6-3].[SbH6-3].[SbH6-3]. The molecule has 7 heteroatoms. The molecule has 0 aromatic rings. The van der Waals surface area contributed by atoms with Gasteiger partial charge in [0.25, 0.3) is 0 Å². The Bertz CT molecular complexity index is 6.90. The van der Waals surface area contributed by atoms with Crippen molar-refractivity contribution in [3.63, 3.8) is 0 Å². The molecule has 0 unspecified atom stereocenters. The van der Waals surface area contributed by atoms with Crippen LogP contribution in [0.3, 0.4) is 0 Å². The molecular weight excluding hydrogens is 705 g/mol. The molecule has 0 rings (SSSR count). The van der Waals surface area contributed by atoms with E-state index in [-0.39, 0.29) is 151 Å². The third-order valence-electron chi connectivity index (χ3n) is 0. The zero-order chi connectivity index (χ0) is 0. The van der Waals surface area contributed by atoms with Crippen LogP contribution in [0.25, 0.3) is 0 Å². The van der Waals surface area contributed by atoms with Crippen molar-refractivity contribution < 1.29 is 0 Å². The Morgan fingerprint density at radius 1 is 0.286 bits per heavy atom. The van der Waals surface area contributed by atoms with E-state index in [1.165, 1.54) is 0 Å². The summed E-state index contributed by atoms with van der Waals surface area (Å²) in [5, 5.41) is 0. The molecule has 0 heterocycles. The van der Waals surface area contributed by atoms with Crippen molar-refractivity contribution in [2.75, 3.05) is 0 Å². The average molecular weight is 729 g/mol. The van der Waals surface area contributed by atoms with Gasteiger partial charge in [-0.3, -0.25) is 0 Å². The molecule has 0 aromatic heterocycles. The van der Waals surface area contributed by atoms with Crippen molar-refractivity contribution >= 4 is 151 Å². The third-order valence-corrected chi connectivity index (χ3v) is 0. The van der Waals surface area contributed by atoms with Crippen LogP contribution in [0.2, 0.25) is 0 Å². The van der Waals surface area contributed by atoms with Crippen molar-refractivity contribution in [1.82, 2.24) is 0 Å². The van der Waals surface area contributed by atoms with Gasteiger partial charge in [0.2, 0.25) is 0 Å². The molecule has 0 aliphatic carbocycles. The van der Waals surface area contributed by atoms with Gasteiger partial charge in [-0.15, -0.1) is 0 Å². The van der Waals surface area contributed by atoms with E-state index in [1.54, 1.807) is 0 Å². The second kappa shape index (κ2) is 44.5. The first-order valence-electron chi connectivity index (χ1n) is 0. The predicted molar refractivity (Wildman–Crippen MR) is 73.8 cm³/mol. The normalized spacial score (nSPS) is 0. The topological polar surface area (TPSA) is 0 Å². The average Bonchev–Trinajstić information content (AvgIpc) is 0. The minimum atomic E-state index is 0. The van der Waals surface area contributed by atoms with E-state index in [2.05, 4.69) is 0 Å². The molecule has 0 atom stereocenters. The monoisotopic (exact) mass is 730 g/mol. The standard InChI is InChI=1S/3Ge.4Sb.24H/q3*+4;4*-3;;;;;;;;;;;;;;;;;;;;;;;;. The molecule has 7 heavy (non-hydrogen) atoms. The van der Waals surface area contributed by atoms with Gasteiger partial charge < -0.3 is 0 Å². The van der Waals surface area contributed by atoms with Crippen LogP contribution < -0.4 is 0 Å². The van der Waals surface area contributed by atoms with Crippen molar-refractivity contribution in [3.05, 3.63) is 0 Å². The summed E-state index contributed by atoms with van der Waals surface area (Å²) in [5.41, 5.74) is 0. The first-order chi connectivity index (χ1) is 0. The molecule has 0 fully saturated rings. The molecule has 0 aromatic carbocycles. The van der Waals surface area contributed by atoms with Gasteiger partial charge in [0.1, 0.15) is 0 Å². The maximum absolute atomic E-state index is 0. The van der Waals surface area contributed by atoms with Gasteiger partial charge in [0.15, 0.2) is 0 Å². The number of hydrogen-bond donors (Lipinski definition) is 0. The molecule has 0 nitrogen and oxygen atoms in total. The van der Waals surface area contributed by atoms with Gasteiger partial charge in [-0.2, -0.15) is 0 Å². The first-order valence-corrected chi connectivity index (χ1v) is 0. The van der Waals surface area contributed by atoms with Gasteiger partial charge in [-0.1, -0.05) is 0 Å². The summed E-state index contributed by atoms with van der Waals surface area (Å²) in [4.78, 5) is 0.